The smallest absolute Gasteiger partial charge is 0.242 e. The second-order valence-corrected chi connectivity index (χ2v) is 7.77. The van der Waals surface area contributed by atoms with Crippen molar-refractivity contribution in [2.24, 2.45) is 0 Å². The van der Waals surface area contributed by atoms with Crippen LogP contribution in [0, 0.1) is 6.92 Å². The number of carbonyl (C=O) groups is 2. The van der Waals surface area contributed by atoms with Crippen LogP contribution in [0.15, 0.2) is 59.5 Å². The third-order valence-corrected chi connectivity index (χ3v) is 5.70. The van der Waals surface area contributed by atoms with E-state index in [4.69, 9.17) is 0 Å². The van der Waals surface area contributed by atoms with Crippen molar-refractivity contribution in [1.82, 2.24) is 14.4 Å². The fraction of sp³-hybridized carbons (Fsp3) is 0.292. The number of rotatable bonds is 3. The van der Waals surface area contributed by atoms with Crippen molar-refractivity contribution in [3.05, 3.63) is 70.5 Å². The fourth-order valence-corrected chi connectivity index (χ4v) is 3.97. The van der Waals surface area contributed by atoms with E-state index in [1.807, 2.05) is 60.0 Å². The number of aryl methyl sites for hydroxylation is 1. The van der Waals surface area contributed by atoms with E-state index >= 15 is 0 Å². The van der Waals surface area contributed by atoms with Crippen LogP contribution in [0.25, 0.3) is 22.0 Å². The number of carbonyl (C=O) groups excluding carboxylic acids is 2. The third kappa shape index (κ3) is 3.85. The first kappa shape index (κ1) is 19.9. The molecule has 2 aromatic carbocycles. The molecule has 0 N–H and O–H groups in total. The second-order valence-electron chi connectivity index (χ2n) is 7.77. The maximum Gasteiger partial charge on any atom is 0.242 e. The molecule has 0 bridgehead atoms. The molecule has 1 aromatic heterocycles. The second kappa shape index (κ2) is 8.14. The highest BCUT2D eigenvalue weighted by molar-refractivity contribution is 5.86. The molecule has 6 nitrogen and oxygen atoms in total. The summed E-state index contributed by atoms with van der Waals surface area (Å²) in [5.41, 5.74) is 3.18. The van der Waals surface area contributed by atoms with Gasteiger partial charge in [-0.05, 0) is 30.2 Å². The van der Waals surface area contributed by atoms with Gasteiger partial charge in [-0.3, -0.25) is 14.4 Å². The number of fused-ring (bicyclic) bond motifs is 1. The maximum absolute atomic E-state index is 13.1. The van der Waals surface area contributed by atoms with Gasteiger partial charge in [0.25, 0.3) is 0 Å². The predicted octanol–water partition coefficient (Wildman–Crippen LogP) is 2.67. The zero-order valence-corrected chi connectivity index (χ0v) is 17.3. The molecule has 4 rings (SSSR count). The van der Waals surface area contributed by atoms with Gasteiger partial charge in [0.2, 0.25) is 11.8 Å². The minimum Gasteiger partial charge on any atom is -0.339 e. The van der Waals surface area contributed by atoms with Gasteiger partial charge >= 0.3 is 0 Å². The van der Waals surface area contributed by atoms with Gasteiger partial charge in [-0.25, -0.2) is 0 Å². The number of aromatic nitrogens is 1. The molecule has 1 aliphatic heterocycles. The largest absolute Gasteiger partial charge is 0.339 e. The zero-order valence-electron chi connectivity index (χ0n) is 17.3. The average Bonchev–Trinajstić information content (AvgIpc) is 2.76. The highest BCUT2D eigenvalue weighted by Crippen LogP contribution is 2.21. The molecule has 30 heavy (non-hydrogen) atoms. The summed E-state index contributed by atoms with van der Waals surface area (Å²) in [7, 11) is 0. The van der Waals surface area contributed by atoms with Crippen molar-refractivity contribution in [2.45, 2.75) is 20.4 Å². The topological polar surface area (TPSA) is 62.6 Å². The lowest BCUT2D eigenvalue weighted by molar-refractivity contribution is -0.138. The molecule has 2 heterocycles. The van der Waals surface area contributed by atoms with Gasteiger partial charge in [-0.15, -0.1) is 0 Å². The molecule has 0 spiro atoms. The van der Waals surface area contributed by atoms with E-state index in [1.165, 1.54) is 0 Å². The van der Waals surface area contributed by atoms with E-state index < -0.39 is 0 Å². The van der Waals surface area contributed by atoms with Crippen LogP contribution in [0.3, 0.4) is 0 Å². The predicted molar refractivity (Wildman–Crippen MR) is 117 cm³/mol. The maximum atomic E-state index is 13.1. The van der Waals surface area contributed by atoms with Gasteiger partial charge in [0.1, 0.15) is 6.54 Å². The summed E-state index contributed by atoms with van der Waals surface area (Å²) in [4.78, 5) is 41.3. The first-order chi connectivity index (χ1) is 14.4. The molecule has 3 aromatic rings. The Kier molecular flexibility index (Phi) is 5.40. The number of hydrogen-bond donors (Lipinski definition) is 0. The summed E-state index contributed by atoms with van der Waals surface area (Å²) in [6, 6.07) is 15.2. The number of piperazine rings is 1. The van der Waals surface area contributed by atoms with E-state index in [9.17, 15) is 14.4 Å². The highest BCUT2D eigenvalue weighted by Gasteiger charge is 2.23. The van der Waals surface area contributed by atoms with E-state index in [2.05, 4.69) is 0 Å². The van der Waals surface area contributed by atoms with Crippen LogP contribution in [0.4, 0.5) is 0 Å². The van der Waals surface area contributed by atoms with Gasteiger partial charge in [0.15, 0.2) is 5.43 Å². The molecule has 0 atom stereocenters. The lowest BCUT2D eigenvalue weighted by Gasteiger charge is -2.34. The normalized spacial score (nSPS) is 14.2. The molecule has 154 valence electrons. The number of hydrogen-bond acceptors (Lipinski definition) is 3. The van der Waals surface area contributed by atoms with Crippen molar-refractivity contribution in [2.75, 3.05) is 26.2 Å². The molecule has 2 amide bonds. The monoisotopic (exact) mass is 403 g/mol. The molecule has 1 aliphatic rings. The van der Waals surface area contributed by atoms with Crippen molar-refractivity contribution in [3.8, 4) is 11.1 Å². The molecular weight excluding hydrogens is 378 g/mol. The zero-order chi connectivity index (χ0) is 21.3. The van der Waals surface area contributed by atoms with E-state index in [1.54, 1.807) is 22.9 Å². The van der Waals surface area contributed by atoms with Crippen molar-refractivity contribution >= 4 is 22.7 Å². The molecule has 0 unspecified atom stereocenters. The molecule has 0 radical (unpaired) electrons. The van der Waals surface area contributed by atoms with Crippen LogP contribution in [-0.2, 0) is 16.1 Å². The summed E-state index contributed by atoms with van der Waals surface area (Å²) in [6.45, 7) is 5.85. The Bertz CT molecular complexity index is 1160. The van der Waals surface area contributed by atoms with Gasteiger partial charge in [0.05, 0.1) is 5.52 Å². The lowest BCUT2D eigenvalue weighted by Crippen LogP contribution is -2.50. The number of benzene rings is 2. The Morgan fingerprint density at radius 2 is 1.60 bits per heavy atom. The molecule has 0 saturated carbocycles. The van der Waals surface area contributed by atoms with Crippen molar-refractivity contribution in [1.29, 1.82) is 0 Å². The molecule has 1 saturated heterocycles. The third-order valence-electron chi connectivity index (χ3n) is 5.70. The Morgan fingerprint density at radius 1 is 0.933 bits per heavy atom. The lowest BCUT2D eigenvalue weighted by atomic mass is 10.0. The summed E-state index contributed by atoms with van der Waals surface area (Å²) >= 11 is 0. The average molecular weight is 403 g/mol. The Labute approximate surface area is 175 Å². The van der Waals surface area contributed by atoms with Gasteiger partial charge in [-0.2, -0.15) is 0 Å². The first-order valence-electron chi connectivity index (χ1n) is 10.2. The number of amides is 2. The van der Waals surface area contributed by atoms with Crippen LogP contribution >= 0.6 is 0 Å². The summed E-state index contributed by atoms with van der Waals surface area (Å²) < 4.78 is 1.88. The fourth-order valence-electron chi connectivity index (χ4n) is 3.97. The number of pyridine rings is 1. The summed E-state index contributed by atoms with van der Waals surface area (Å²) in [6.07, 6.45) is 1.79. The summed E-state index contributed by atoms with van der Waals surface area (Å²) in [5.74, 6) is 0.0279. The molecule has 6 heteroatoms. The number of nitrogens with zero attached hydrogens (tertiary/aromatic N) is 3. The minimum atomic E-state index is -0.0324. The van der Waals surface area contributed by atoms with Crippen molar-refractivity contribution in [3.63, 3.8) is 0 Å². The Morgan fingerprint density at radius 3 is 2.27 bits per heavy atom. The van der Waals surface area contributed by atoms with Gasteiger partial charge in [-0.1, -0.05) is 36.4 Å². The Balaban J connectivity index is 1.70. The van der Waals surface area contributed by atoms with Gasteiger partial charge in [0, 0.05) is 50.2 Å². The minimum absolute atomic E-state index is 0.0105. The van der Waals surface area contributed by atoms with Crippen LogP contribution in [0.1, 0.15) is 12.5 Å². The molecule has 0 aliphatic carbocycles. The van der Waals surface area contributed by atoms with E-state index in [0.29, 0.717) is 37.1 Å². The SMILES string of the molecule is CC(=O)N1CCN(C(=O)Cn2cc(-c3ccccc3)c(=O)c3ccc(C)cc32)CC1. The molecular formula is C24H25N3O3. The standard InChI is InChI=1S/C24H25N3O3/c1-17-8-9-20-22(14-17)27(15-21(24(20)30)19-6-4-3-5-7-19)16-23(29)26-12-10-25(11-13-26)18(2)28/h3-9,14-15H,10-13,16H2,1-2H3. The van der Waals surface area contributed by atoms with Crippen LogP contribution in [-0.4, -0.2) is 52.4 Å². The first-order valence-corrected chi connectivity index (χ1v) is 10.2. The summed E-state index contributed by atoms with van der Waals surface area (Å²) in [5, 5.41) is 0.608. The highest BCUT2D eigenvalue weighted by atomic mass is 16.2. The van der Waals surface area contributed by atoms with E-state index in [-0.39, 0.29) is 23.8 Å². The van der Waals surface area contributed by atoms with Crippen LogP contribution < -0.4 is 5.43 Å². The van der Waals surface area contributed by atoms with Crippen LogP contribution in [0.2, 0.25) is 0 Å². The quantitative estimate of drug-likeness (QED) is 0.676. The van der Waals surface area contributed by atoms with Gasteiger partial charge < -0.3 is 14.4 Å². The van der Waals surface area contributed by atoms with Crippen molar-refractivity contribution < 1.29 is 9.59 Å². The molecule has 1 fully saturated rings. The van der Waals surface area contributed by atoms with E-state index in [0.717, 1.165) is 16.6 Å². The van der Waals surface area contributed by atoms with Crippen LogP contribution in [0.5, 0.6) is 0 Å². The Hall–Kier alpha value is -3.41.